The van der Waals surface area contributed by atoms with Crippen LogP contribution in [0.25, 0.3) is 0 Å². The third kappa shape index (κ3) is 3.75. The maximum atomic E-state index is 5.06. The third-order valence-corrected chi connectivity index (χ3v) is 2.62. The van der Waals surface area contributed by atoms with Crippen molar-refractivity contribution in [1.82, 2.24) is 9.97 Å². The molecular formula is C10H14IN3O. The maximum Gasteiger partial charge on any atom is 0.145 e. The molecule has 0 aliphatic heterocycles. The molecule has 0 atom stereocenters. The predicted molar refractivity (Wildman–Crippen MR) is 69.0 cm³/mol. The second kappa shape index (κ2) is 6.73. The number of anilines is 1. The standard InChI is InChI=1S/C10H14IN3O/c1-3-4-14(5-6-15-2)10-9(11)7-12-8-13-10/h3,7-8H,1,4-6H2,2H3. The van der Waals surface area contributed by atoms with Crippen LogP contribution in [-0.4, -0.2) is 36.8 Å². The summed E-state index contributed by atoms with van der Waals surface area (Å²) in [5.74, 6) is 0.933. The fourth-order valence-electron chi connectivity index (χ4n) is 1.18. The van der Waals surface area contributed by atoms with Crippen LogP contribution in [-0.2, 0) is 4.74 Å². The van der Waals surface area contributed by atoms with Crippen LogP contribution < -0.4 is 4.90 Å². The van der Waals surface area contributed by atoms with Gasteiger partial charge in [-0.3, -0.25) is 0 Å². The van der Waals surface area contributed by atoms with E-state index in [1.807, 2.05) is 6.08 Å². The van der Waals surface area contributed by atoms with Crippen molar-refractivity contribution in [1.29, 1.82) is 0 Å². The Morgan fingerprint density at radius 2 is 2.47 bits per heavy atom. The van der Waals surface area contributed by atoms with E-state index in [1.54, 1.807) is 19.6 Å². The van der Waals surface area contributed by atoms with Gasteiger partial charge in [-0.05, 0) is 22.6 Å². The minimum Gasteiger partial charge on any atom is -0.383 e. The summed E-state index contributed by atoms with van der Waals surface area (Å²) in [4.78, 5) is 10.3. The number of methoxy groups -OCH3 is 1. The maximum absolute atomic E-state index is 5.06. The fraction of sp³-hybridized carbons (Fsp3) is 0.400. The minimum absolute atomic E-state index is 0.675. The van der Waals surface area contributed by atoms with Crippen molar-refractivity contribution < 1.29 is 4.74 Å². The summed E-state index contributed by atoms with van der Waals surface area (Å²) < 4.78 is 6.09. The molecule has 0 spiro atoms. The number of halogens is 1. The van der Waals surface area contributed by atoms with Gasteiger partial charge in [-0.2, -0.15) is 0 Å². The molecule has 1 heterocycles. The van der Waals surface area contributed by atoms with E-state index in [4.69, 9.17) is 4.74 Å². The van der Waals surface area contributed by atoms with E-state index < -0.39 is 0 Å². The van der Waals surface area contributed by atoms with E-state index in [0.29, 0.717) is 6.61 Å². The first kappa shape index (κ1) is 12.4. The zero-order valence-corrected chi connectivity index (χ0v) is 10.8. The molecular weight excluding hydrogens is 305 g/mol. The highest BCUT2D eigenvalue weighted by atomic mass is 127. The van der Waals surface area contributed by atoms with E-state index in [2.05, 4.69) is 44.0 Å². The van der Waals surface area contributed by atoms with Crippen LogP contribution in [0.2, 0.25) is 0 Å². The summed E-state index contributed by atoms with van der Waals surface area (Å²) in [6.45, 7) is 5.97. The average molecular weight is 319 g/mol. The van der Waals surface area contributed by atoms with Crippen LogP contribution in [0.15, 0.2) is 25.2 Å². The van der Waals surface area contributed by atoms with Gasteiger partial charge in [-0.25, -0.2) is 9.97 Å². The Bertz CT molecular complexity index is 319. The smallest absolute Gasteiger partial charge is 0.145 e. The molecule has 82 valence electrons. The SMILES string of the molecule is C=CCN(CCOC)c1ncncc1I. The molecule has 0 amide bonds. The molecule has 0 N–H and O–H groups in total. The summed E-state index contributed by atoms with van der Waals surface area (Å²) in [5, 5.41) is 0. The Hall–Kier alpha value is -0.690. The van der Waals surface area contributed by atoms with Gasteiger partial charge in [-0.15, -0.1) is 6.58 Å². The normalized spacial score (nSPS) is 10.0. The number of rotatable bonds is 6. The second-order valence-electron chi connectivity index (χ2n) is 2.92. The van der Waals surface area contributed by atoms with E-state index in [0.717, 1.165) is 22.5 Å². The van der Waals surface area contributed by atoms with Gasteiger partial charge in [0.25, 0.3) is 0 Å². The zero-order chi connectivity index (χ0) is 11.1. The van der Waals surface area contributed by atoms with E-state index in [9.17, 15) is 0 Å². The zero-order valence-electron chi connectivity index (χ0n) is 8.69. The van der Waals surface area contributed by atoms with E-state index in [-0.39, 0.29) is 0 Å². The molecule has 0 radical (unpaired) electrons. The monoisotopic (exact) mass is 319 g/mol. The van der Waals surface area contributed by atoms with Crippen LogP contribution in [0, 0.1) is 3.57 Å². The van der Waals surface area contributed by atoms with Gasteiger partial charge in [0.15, 0.2) is 0 Å². The van der Waals surface area contributed by atoms with Crippen molar-refractivity contribution in [3.63, 3.8) is 0 Å². The lowest BCUT2D eigenvalue weighted by Crippen LogP contribution is -2.28. The molecule has 5 heteroatoms. The van der Waals surface area contributed by atoms with Gasteiger partial charge in [-0.1, -0.05) is 6.08 Å². The molecule has 0 unspecified atom stereocenters. The van der Waals surface area contributed by atoms with E-state index >= 15 is 0 Å². The number of hydrogen-bond acceptors (Lipinski definition) is 4. The predicted octanol–water partition coefficient (Wildman–Crippen LogP) is 1.72. The fourth-order valence-corrected chi connectivity index (χ4v) is 1.82. The molecule has 0 aromatic carbocycles. The van der Waals surface area contributed by atoms with Crippen LogP contribution in [0.4, 0.5) is 5.82 Å². The number of ether oxygens (including phenoxy) is 1. The van der Waals surface area contributed by atoms with Crippen molar-refractivity contribution in [2.24, 2.45) is 0 Å². The minimum atomic E-state index is 0.675. The molecule has 15 heavy (non-hydrogen) atoms. The Labute approximate surface area is 104 Å². The molecule has 0 aliphatic carbocycles. The van der Waals surface area contributed by atoms with Crippen molar-refractivity contribution in [2.75, 3.05) is 31.7 Å². The second-order valence-corrected chi connectivity index (χ2v) is 4.08. The third-order valence-electron chi connectivity index (χ3n) is 1.86. The Balaban J connectivity index is 2.78. The first-order valence-electron chi connectivity index (χ1n) is 4.60. The molecule has 1 aromatic heterocycles. The highest BCUT2D eigenvalue weighted by molar-refractivity contribution is 14.1. The summed E-state index contributed by atoms with van der Waals surface area (Å²) in [5.41, 5.74) is 0. The van der Waals surface area contributed by atoms with Crippen molar-refractivity contribution in [3.8, 4) is 0 Å². The Kier molecular flexibility index (Phi) is 5.56. The van der Waals surface area contributed by atoms with Crippen LogP contribution in [0.3, 0.4) is 0 Å². The molecule has 0 saturated heterocycles. The summed E-state index contributed by atoms with van der Waals surface area (Å²) in [6.07, 6.45) is 5.21. The van der Waals surface area contributed by atoms with Crippen LogP contribution in [0.1, 0.15) is 0 Å². The first-order chi connectivity index (χ1) is 7.29. The molecule has 1 aromatic rings. The van der Waals surface area contributed by atoms with Crippen molar-refractivity contribution >= 4 is 28.4 Å². The molecule has 0 aliphatic rings. The Morgan fingerprint density at radius 1 is 1.67 bits per heavy atom. The average Bonchev–Trinajstić information content (AvgIpc) is 2.25. The van der Waals surface area contributed by atoms with Crippen LogP contribution in [0.5, 0.6) is 0 Å². The summed E-state index contributed by atoms with van der Waals surface area (Å²) in [7, 11) is 1.69. The lowest BCUT2D eigenvalue weighted by molar-refractivity contribution is 0.205. The lowest BCUT2D eigenvalue weighted by atomic mass is 10.4. The highest BCUT2D eigenvalue weighted by Gasteiger charge is 2.09. The van der Waals surface area contributed by atoms with E-state index in [1.165, 1.54) is 0 Å². The Morgan fingerprint density at radius 3 is 3.07 bits per heavy atom. The number of aromatic nitrogens is 2. The number of nitrogens with zero attached hydrogens (tertiary/aromatic N) is 3. The summed E-state index contributed by atoms with van der Waals surface area (Å²) >= 11 is 2.23. The highest BCUT2D eigenvalue weighted by Crippen LogP contribution is 2.17. The van der Waals surface area contributed by atoms with Crippen molar-refractivity contribution in [2.45, 2.75) is 0 Å². The van der Waals surface area contributed by atoms with Crippen molar-refractivity contribution in [3.05, 3.63) is 28.7 Å². The molecule has 1 rings (SSSR count). The summed E-state index contributed by atoms with van der Waals surface area (Å²) in [6, 6.07) is 0. The van der Waals surface area contributed by atoms with Gasteiger partial charge < -0.3 is 9.64 Å². The van der Waals surface area contributed by atoms with Crippen LogP contribution >= 0.6 is 22.6 Å². The van der Waals surface area contributed by atoms with Gasteiger partial charge in [0.2, 0.25) is 0 Å². The van der Waals surface area contributed by atoms with Gasteiger partial charge >= 0.3 is 0 Å². The molecule has 0 bridgehead atoms. The topological polar surface area (TPSA) is 38.2 Å². The largest absolute Gasteiger partial charge is 0.383 e. The number of hydrogen-bond donors (Lipinski definition) is 0. The molecule has 0 fully saturated rings. The van der Waals surface area contributed by atoms with Gasteiger partial charge in [0.1, 0.15) is 12.1 Å². The van der Waals surface area contributed by atoms with Gasteiger partial charge in [0.05, 0.1) is 10.2 Å². The quantitative estimate of drug-likeness (QED) is 0.591. The lowest BCUT2D eigenvalue weighted by Gasteiger charge is -2.22. The first-order valence-corrected chi connectivity index (χ1v) is 5.67. The van der Waals surface area contributed by atoms with Gasteiger partial charge in [0, 0.05) is 26.4 Å². The molecule has 0 saturated carbocycles. The molecule has 4 nitrogen and oxygen atoms in total.